The largest absolute Gasteiger partial charge is 0.482 e. The zero-order valence-electron chi connectivity index (χ0n) is 16.8. The van der Waals surface area contributed by atoms with Crippen molar-refractivity contribution >= 4 is 38.9 Å². The van der Waals surface area contributed by atoms with E-state index in [4.69, 9.17) is 20.9 Å². The lowest BCUT2D eigenvalue weighted by Crippen LogP contribution is -2.38. The van der Waals surface area contributed by atoms with Gasteiger partial charge in [-0.3, -0.25) is 14.4 Å². The summed E-state index contributed by atoms with van der Waals surface area (Å²) in [7, 11) is -3.93. The number of hydrogen-bond acceptors (Lipinski definition) is 7. The third kappa shape index (κ3) is 4.35. The fourth-order valence-electron chi connectivity index (χ4n) is 3.11. The van der Waals surface area contributed by atoms with E-state index >= 15 is 0 Å². The van der Waals surface area contributed by atoms with Crippen molar-refractivity contribution in [1.29, 1.82) is 0 Å². The molecular weight excluding hydrogens is 444 g/mol. The van der Waals surface area contributed by atoms with E-state index in [0.29, 0.717) is 45.8 Å². The molecule has 9 nitrogen and oxygen atoms in total. The van der Waals surface area contributed by atoms with Gasteiger partial charge in [-0.2, -0.15) is 4.98 Å². The van der Waals surface area contributed by atoms with Crippen LogP contribution in [0.5, 0.6) is 5.75 Å². The molecule has 1 aliphatic heterocycles. The van der Waals surface area contributed by atoms with Gasteiger partial charge in [0.2, 0.25) is 5.89 Å². The molecule has 1 amide bonds. The van der Waals surface area contributed by atoms with Gasteiger partial charge in [0.05, 0.1) is 22.8 Å². The van der Waals surface area contributed by atoms with Gasteiger partial charge >= 0.3 is 0 Å². The van der Waals surface area contributed by atoms with Gasteiger partial charge in [-0.25, -0.2) is 8.42 Å². The number of nitrogens with zero attached hydrogens (tertiary/aromatic N) is 3. The zero-order valence-corrected chi connectivity index (χ0v) is 18.3. The molecule has 0 fully saturated rings. The SMILES string of the molecule is CCc1nc(CN2C(=O)COc3ccc(S(=O)(=O)Nc4ccc(Cl)cc4C)cc32)no1. The first-order valence-electron chi connectivity index (χ1n) is 9.44. The molecule has 1 aromatic heterocycles. The number of anilines is 2. The minimum atomic E-state index is -3.93. The van der Waals surface area contributed by atoms with Crippen LogP contribution in [0.25, 0.3) is 0 Å². The van der Waals surface area contributed by atoms with E-state index in [1.54, 1.807) is 25.1 Å². The molecule has 11 heteroatoms. The minimum Gasteiger partial charge on any atom is -0.482 e. The van der Waals surface area contributed by atoms with Crippen LogP contribution in [0.1, 0.15) is 24.2 Å². The highest BCUT2D eigenvalue weighted by molar-refractivity contribution is 7.92. The fourth-order valence-corrected chi connectivity index (χ4v) is 4.48. The van der Waals surface area contributed by atoms with Gasteiger partial charge in [-0.05, 0) is 48.9 Å². The molecular formula is C20H19ClN4O5S. The number of carbonyl (C=O) groups is 1. The summed E-state index contributed by atoms with van der Waals surface area (Å²) < 4.78 is 39.1. The lowest BCUT2D eigenvalue weighted by Gasteiger charge is -2.28. The summed E-state index contributed by atoms with van der Waals surface area (Å²) in [4.78, 5) is 18.1. The number of carbonyl (C=O) groups excluding carboxylic acids is 1. The van der Waals surface area contributed by atoms with Crippen molar-refractivity contribution < 1.29 is 22.5 Å². The zero-order chi connectivity index (χ0) is 22.2. The Morgan fingerprint density at radius 2 is 2.03 bits per heavy atom. The van der Waals surface area contributed by atoms with E-state index in [1.807, 2.05) is 6.92 Å². The second kappa shape index (κ2) is 8.20. The Kier molecular flexibility index (Phi) is 5.59. The van der Waals surface area contributed by atoms with Crippen LogP contribution >= 0.6 is 11.6 Å². The molecule has 1 aliphatic rings. The first-order chi connectivity index (χ1) is 14.8. The maximum Gasteiger partial charge on any atom is 0.265 e. The molecule has 0 unspecified atom stereocenters. The number of aryl methyl sites for hydroxylation is 2. The van der Waals surface area contributed by atoms with E-state index in [1.165, 1.54) is 23.1 Å². The summed E-state index contributed by atoms with van der Waals surface area (Å²) in [5, 5.41) is 4.38. The van der Waals surface area contributed by atoms with Gasteiger partial charge in [0.1, 0.15) is 5.75 Å². The van der Waals surface area contributed by atoms with Crippen LogP contribution in [0.3, 0.4) is 0 Å². The number of fused-ring (bicyclic) bond motifs is 1. The number of aromatic nitrogens is 2. The quantitative estimate of drug-likeness (QED) is 0.597. The molecule has 162 valence electrons. The Hall–Kier alpha value is -3.11. The molecule has 3 aromatic rings. The standard InChI is InChI=1S/C20H19ClN4O5S/c1-3-19-22-18(23-30-19)10-25-16-9-14(5-7-17(16)29-11-20(25)26)31(27,28)24-15-6-4-13(21)8-12(15)2/h4-9,24H,3,10-11H2,1-2H3. The maximum absolute atomic E-state index is 13.0. The van der Waals surface area contributed by atoms with Crippen molar-refractivity contribution in [3.63, 3.8) is 0 Å². The van der Waals surface area contributed by atoms with Crippen molar-refractivity contribution in [2.45, 2.75) is 31.7 Å². The summed E-state index contributed by atoms with van der Waals surface area (Å²) in [5.41, 5.74) is 1.40. The Labute approximate surface area is 184 Å². The van der Waals surface area contributed by atoms with Crippen LogP contribution in [0.4, 0.5) is 11.4 Å². The normalized spacial score (nSPS) is 13.6. The molecule has 0 radical (unpaired) electrons. The Balaban J connectivity index is 1.67. The van der Waals surface area contributed by atoms with Gasteiger partial charge in [0, 0.05) is 11.4 Å². The summed E-state index contributed by atoms with van der Waals surface area (Å²) in [5.74, 6) is 0.822. The van der Waals surface area contributed by atoms with Gasteiger partial charge in [-0.15, -0.1) is 0 Å². The van der Waals surface area contributed by atoms with Crippen LogP contribution in [0.2, 0.25) is 5.02 Å². The number of rotatable bonds is 6. The van der Waals surface area contributed by atoms with Crippen molar-refractivity contribution in [1.82, 2.24) is 10.1 Å². The second-order valence-electron chi connectivity index (χ2n) is 6.92. The number of amides is 1. The molecule has 0 saturated carbocycles. The topological polar surface area (TPSA) is 115 Å². The van der Waals surface area contributed by atoms with Crippen LogP contribution in [0.15, 0.2) is 45.8 Å². The summed E-state index contributed by atoms with van der Waals surface area (Å²) in [6.07, 6.45) is 0.568. The molecule has 0 saturated heterocycles. The summed E-state index contributed by atoms with van der Waals surface area (Å²) in [6.45, 7) is 3.49. The van der Waals surface area contributed by atoms with Gasteiger partial charge in [0.15, 0.2) is 12.4 Å². The Bertz CT molecular complexity index is 1260. The smallest absolute Gasteiger partial charge is 0.265 e. The first-order valence-corrected chi connectivity index (χ1v) is 11.3. The van der Waals surface area contributed by atoms with Crippen molar-refractivity contribution in [2.75, 3.05) is 16.2 Å². The number of sulfonamides is 1. The average Bonchev–Trinajstić information content (AvgIpc) is 3.19. The predicted molar refractivity (Wildman–Crippen MR) is 114 cm³/mol. The fraction of sp³-hybridized carbons (Fsp3) is 0.250. The van der Waals surface area contributed by atoms with Crippen LogP contribution in [0, 0.1) is 6.92 Å². The van der Waals surface area contributed by atoms with E-state index in [-0.39, 0.29) is 24.0 Å². The highest BCUT2D eigenvalue weighted by Crippen LogP contribution is 2.35. The first kappa shape index (κ1) is 21.1. The molecule has 0 spiro atoms. The highest BCUT2D eigenvalue weighted by Gasteiger charge is 2.29. The second-order valence-corrected chi connectivity index (χ2v) is 9.04. The number of benzene rings is 2. The van der Waals surface area contributed by atoms with Crippen LogP contribution in [-0.2, 0) is 27.8 Å². The third-order valence-electron chi connectivity index (χ3n) is 4.73. The predicted octanol–water partition coefficient (Wildman–Crippen LogP) is 3.32. The minimum absolute atomic E-state index is 0.0220. The van der Waals surface area contributed by atoms with Crippen molar-refractivity contribution in [3.05, 3.63) is 58.7 Å². The van der Waals surface area contributed by atoms with Crippen LogP contribution < -0.4 is 14.4 Å². The van der Waals surface area contributed by atoms with Crippen LogP contribution in [-0.4, -0.2) is 31.1 Å². The number of ether oxygens (including phenoxy) is 1. The molecule has 0 atom stereocenters. The Morgan fingerprint density at radius 1 is 1.23 bits per heavy atom. The van der Waals surface area contributed by atoms with Crippen molar-refractivity contribution in [3.8, 4) is 5.75 Å². The molecule has 0 bridgehead atoms. The monoisotopic (exact) mass is 462 g/mol. The lowest BCUT2D eigenvalue weighted by atomic mass is 10.2. The van der Waals surface area contributed by atoms with Gasteiger partial charge < -0.3 is 9.26 Å². The van der Waals surface area contributed by atoms with E-state index < -0.39 is 10.0 Å². The molecule has 2 aromatic carbocycles. The Morgan fingerprint density at radius 3 is 2.74 bits per heavy atom. The molecule has 31 heavy (non-hydrogen) atoms. The van der Waals surface area contributed by atoms with Gasteiger partial charge in [0.25, 0.3) is 15.9 Å². The number of hydrogen-bond donors (Lipinski definition) is 1. The summed E-state index contributed by atoms with van der Waals surface area (Å²) in [6, 6.07) is 9.18. The molecule has 1 N–H and O–H groups in total. The molecule has 4 rings (SSSR count). The number of nitrogens with one attached hydrogen (secondary N) is 1. The average molecular weight is 463 g/mol. The highest BCUT2D eigenvalue weighted by atomic mass is 35.5. The van der Waals surface area contributed by atoms with E-state index in [2.05, 4.69) is 14.9 Å². The number of halogens is 1. The van der Waals surface area contributed by atoms with E-state index in [9.17, 15) is 13.2 Å². The van der Waals surface area contributed by atoms with E-state index in [0.717, 1.165) is 0 Å². The van der Waals surface area contributed by atoms with Crippen molar-refractivity contribution in [2.24, 2.45) is 0 Å². The third-order valence-corrected chi connectivity index (χ3v) is 6.33. The van der Waals surface area contributed by atoms with Gasteiger partial charge in [-0.1, -0.05) is 23.7 Å². The summed E-state index contributed by atoms with van der Waals surface area (Å²) >= 11 is 5.95. The molecule has 2 heterocycles. The maximum atomic E-state index is 13.0. The molecule has 0 aliphatic carbocycles. The lowest BCUT2D eigenvalue weighted by molar-refractivity contribution is -0.121.